The summed E-state index contributed by atoms with van der Waals surface area (Å²) < 4.78 is 7.50. The largest absolute Gasteiger partial charge is 0.383 e. The Kier molecular flexibility index (Phi) is 4.87. The second-order valence-electron chi connectivity index (χ2n) is 7.12. The maximum absolute atomic E-state index is 6.50. The van der Waals surface area contributed by atoms with Gasteiger partial charge in [-0.25, -0.2) is 9.67 Å². The summed E-state index contributed by atoms with van der Waals surface area (Å²) in [5.74, 6) is 1.14. The molecule has 4 heterocycles. The van der Waals surface area contributed by atoms with Crippen molar-refractivity contribution in [2.75, 3.05) is 24.2 Å². The van der Waals surface area contributed by atoms with Gasteiger partial charge in [-0.15, -0.1) is 16.4 Å². The summed E-state index contributed by atoms with van der Waals surface area (Å²) in [7, 11) is 0. The molecule has 5 rings (SSSR count). The Morgan fingerprint density at radius 1 is 1.17 bits per heavy atom. The first-order chi connectivity index (χ1) is 14.3. The van der Waals surface area contributed by atoms with Crippen LogP contribution in [0.25, 0.3) is 21.6 Å². The van der Waals surface area contributed by atoms with Gasteiger partial charge in [0.25, 0.3) is 0 Å². The third-order valence-corrected chi connectivity index (χ3v) is 5.96. The predicted molar refractivity (Wildman–Crippen MR) is 116 cm³/mol. The first-order valence-electron chi connectivity index (χ1n) is 9.75. The Labute approximate surface area is 172 Å². The van der Waals surface area contributed by atoms with Gasteiger partial charge < -0.3 is 15.8 Å². The van der Waals surface area contributed by atoms with Gasteiger partial charge >= 0.3 is 0 Å². The number of nitrogen functional groups attached to an aromatic ring is 1. The fourth-order valence-corrected chi connectivity index (χ4v) is 4.33. The standard InChI is InChI=1S/C21H22N6OS/c22-19-17-18(16-9-5-11-29-16)24-21(23-12-15-8-4-10-28-15)25-20(17)26-27(19)13-14-6-2-1-3-7-14/h1-3,5-7,9,11,15H,4,8,10,12-13,22H2,(H,23,25,26)/t15-/m0/s1. The smallest absolute Gasteiger partial charge is 0.225 e. The molecule has 0 radical (unpaired) electrons. The molecule has 3 aromatic heterocycles. The second kappa shape index (κ2) is 7.81. The van der Waals surface area contributed by atoms with E-state index in [1.807, 2.05) is 35.7 Å². The van der Waals surface area contributed by atoms with Crippen molar-refractivity contribution < 1.29 is 4.74 Å². The number of benzene rings is 1. The second-order valence-corrected chi connectivity index (χ2v) is 8.06. The Morgan fingerprint density at radius 2 is 2.07 bits per heavy atom. The van der Waals surface area contributed by atoms with Gasteiger partial charge in [-0.05, 0) is 29.9 Å². The molecule has 0 unspecified atom stereocenters. The molecule has 4 aromatic rings. The summed E-state index contributed by atoms with van der Waals surface area (Å²) in [6.07, 6.45) is 2.37. The van der Waals surface area contributed by atoms with E-state index in [0.717, 1.165) is 41.0 Å². The van der Waals surface area contributed by atoms with Gasteiger partial charge in [0, 0.05) is 13.2 Å². The lowest BCUT2D eigenvalue weighted by Gasteiger charge is -2.11. The van der Waals surface area contributed by atoms with E-state index in [2.05, 4.69) is 22.4 Å². The van der Waals surface area contributed by atoms with Crippen LogP contribution in [0.2, 0.25) is 0 Å². The minimum atomic E-state index is 0.209. The fourth-order valence-electron chi connectivity index (χ4n) is 3.61. The van der Waals surface area contributed by atoms with E-state index in [1.165, 1.54) is 0 Å². The molecular weight excluding hydrogens is 384 g/mol. The van der Waals surface area contributed by atoms with Crippen LogP contribution in [0.4, 0.5) is 11.8 Å². The monoisotopic (exact) mass is 406 g/mol. The third kappa shape index (κ3) is 3.68. The summed E-state index contributed by atoms with van der Waals surface area (Å²) in [4.78, 5) is 10.5. The van der Waals surface area contributed by atoms with Gasteiger partial charge in [-0.1, -0.05) is 36.4 Å². The minimum Gasteiger partial charge on any atom is -0.383 e. The zero-order valence-electron chi connectivity index (χ0n) is 15.9. The molecule has 1 aliphatic heterocycles. The van der Waals surface area contributed by atoms with E-state index in [9.17, 15) is 0 Å². The zero-order valence-corrected chi connectivity index (χ0v) is 16.7. The first kappa shape index (κ1) is 18.1. The van der Waals surface area contributed by atoms with Crippen molar-refractivity contribution in [3.8, 4) is 10.6 Å². The van der Waals surface area contributed by atoms with Gasteiger partial charge in [0.1, 0.15) is 5.82 Å². The summed E-state index contributed by atoms with van der Waals surface area (Å²) in [5.41, 5.74) is 9.06. The van der Waals surface area contributed by atoms with Gasteiger partial charge in [0.05, 0.1) is 28.6 Å². The van der Waals surface area contributed by atoms with Crippen molar-refractivity contribution in [3.05, 3.63) is 53.4 Å². The van der Waals surface area contributed by atoms with Crippen LogP contribution in [0.1, 0.15) is 18.4 Å². The van der Waals surface area contributed by atoms with Crippen molar-refractivity contribution in [3.63, 3.8) is 0 Å². The van der Waals surface area contributed by atoms with Crippen LogP contribution >= 0.6 is 11.3 Å². The highest BCUT2D eigenvalue weighted by Crippen LogP contribution is 2.34. The highest BCUT2D eigenvalue weighted by Gasteiger charge is 2.20. The average Bonchev–Trinajstić information content (AvgIpc) is 3.50. The van der Waals surface area contributed by atoms with Crippen molar-refractivity contribution in [1.82, 2.24) is 19.7 Å². The molecule has 7 nitrogen and oxygen atoms in total. The summed E-state index contributed by atoms with van der Waals surface area (Å²) in [5, 5.41) is 10.9. The minimum absolute atomic E-state index is 0.209. The Balaban J connectivity index is 1.54. The molecule has 0 aliphatic carbocycles. The Bertz CT molecular complexity index is 1100. The lowest BCUT2D eigenvalue weighted by atomic mass is 10.2. The number of nitrogens with two attached hydrogens (primary N) is 1. The summed E-state index contributed by atoms with van der Waals surface area (Å²) in [6, 6.07) is 14.2. The van der Waals surface area contributed by atoms with E-state index in [0.29, 0.717) is 30.5 Å². The topological polar surface area (TPSA) is 90.9 Å². The zero-order chi connectivity index (χ0) is 19.6. The van der Waals surface area contributed by atoms with Crippen LogP contribution in [0.5, 0.6) is 0 Å². The van der Waals surface area contributed by atoms with Crippen LogP contribution in [0, 0.1) is 0 Å². The molecule has 8 heteroatoms. The molecule has 1 saturated heterocycles. The van der Waals surface area contributed by atoms with Crippen molar-refractivity contribution >= 4 is 34.1 Å². The number of ether oxygens (including phenoxy) is 1. The Hall–Kier alpha value is -2.97. The molecule has 0 saturated carbocycles. The average molecular weight is 407 g/mol. The molecule has 0 spiro atoms. The lowest BCUT2D eigenvalue weighted by molar-refractivity contribution is 0.120. The molecule has 1 aromatic carbocycles. The van der Waals surface area contributed by atoms with E-state index in [-0.39, 0.29) is 6.10 Å². The highest BCUT2D eigenvalue weighted by molar-refractivity contribution is 7.13. The Morgan fingerprint density at radius 3 is 2.83 bits per heavy atom. The fraction of sp³-hybridized carbons (Fsp3) is 0.286. The lowest BCUT2D eigenvalue weighted by Crippen LogP contribution is -2.19. The predicted octanol–water partition coefficient (Wildman–Crippen LogP) is 3.78. The number of nitrogens with one attached hydrogen (secondary N) is 1. The van der Waals surface area contributed by atoms with Gasteiger partial charge in [-0.2, -0.15) is 4.98 Å². The summed E-state index contributed by atoms with van der Waals surface area (Å²) >= 11 is 1.63. The van der Waals surface area contributed by atoms with E-state index in [1.54, 1.807) is 16.0 Å². The molecule has 3 N–H and O–H groups in total. The van der Waals surface area contributed by atoms with Crippen LogP contribution in [-0.2, 0) is 11.3 Å². The molecule has 1 fully saturated rings. The molecule has 0 bridgehead atoms. The number of aromatic nitrogens is 4. The SMILES string of the molecule is Nc1c2c(-c3cccs3)nc(NC[C@@H]3CCCO3)nc2nn1Cc1ccccc1. The number of nitrogens with zero attached hydrogens (tertiary/aromatic N) is 4. The highest BCUT2D eigenvalue weighted by atomic mass is 32.1. The van der Waals surface area contributed by atoms with Crippen LogP contribution < -0.4 is 11.1 Å². The molecule has 1 aliphatic rings. The third-order valence-electron chi connectivity index (χ3n) is 5.08. The van der Waals surface area contributed by atoms with Crippen LogP contribution in [0.15, 0.2) is 47.8 Å². The number of thiophene rings is 1. The number of hydrogen-bond donors (Lipinski definition) is 2. The number of fused-ring (bicyclic) bond motifs is 1. The van der Waals surface area contributed by atoms with Gasteiger partial charge in [0.15, 0.2) is 5.65 Å². The van der Waals surface area contributed by atoms with Gasteiger partial charge in [0.2, 0.25) is 5.95 Å². The van der Waals surface area contributed by atoms with Crippen LogP contribution in [0.3, 0.4) is 0 Å². The van der Waals surface area contributed by atoms with E-state index in [4.69, 9.17) is 20.6 Å². The van der Waals surface area contributed by atoms with Crippen molar-refractivity contribution in [2.45, 2.75) is 25.5 Å². The molecule has 0 amide bonds. The molecule has 29 heavy (non-hydrogen) atoms. The molecular formula is C21H22N6OS. The van der Waals surface area contributed by atoms with Gasteiger partial charge in [-0.3, -0.25) is 0 Å². The van der Waals surface area contributed by atoms with Crippen molar-refractivity contribution in [1.29, 1.82) is 0 Å². The molecule has 148 valence electrons. The maximum atomic E-state index is 6.50. The van der Waals surface area contributed by atoms with E-state index >= 15 is 0 Å². The first-order valence-corrected chi connectivity index (χ1v) is 10.6. The van der Waals surface area contributed by atoms with E-state index < -0.39 is 0 Å². The normalized spacial score (nSPS) is 16.5. The van der Waals surface area contributed by atoms with Crippen molar-refractivity contribution in [2.24, 2.45) is 0 Å². The number of rotatable bonds is 6. The molecule has 1 atom stereocenters. The summed E-state index contributed by atoms with van der Waals surface area (Å²) in [6.45, 7) is 2.11. The quantitative estimate of drug-likeness (QED) is 0.506. The maximum Gasteiger partial charge on any atom is 0.225 e. The van der Waals surface area contributed by atoms with Crippen LogP contribution in [-0.4, -0.2) is 39.0 Å². The number of anilines is 2. The number of hydrogen-bond acceptors (Lipinski definition) is 7.